The Hall–Kier alpha value is -1.38. The number of aliphatic imine (C=N–C) groups is 1. The summed E-state index contributed by atoms with van der Waals surface area (Å²) in [6.45, 7) is 2.67. The Morgan fingerprint density at radius 2 is 2.54 bits per heavy atom. The molecule has 1 rings (SSSR count). The van der Waals surface area contributed by atoms with Crippen molar-refractivity contribution in [3.8, 4) is 0 Å². The fourth-order valence-electron chi connectivity index (χ4n) is 1.12. The van der Waals surface area contributed by atoms with Crippen molar-refractivity contribution in [2.75, 3.05) is 13.2 Å². The van der Waals surface area contributed by atoms with Crippen molar-refractivity contribution < 1.29 is 9.53 Å². The van der Waals surface area contributed by atoms with E-state index in [2.05, 4.69) is 4.99 Å². The monoisotopic (exact) mass is 180 g/mol. The molecule has 0 aromatic carbocycles. The molecule has 1 unspecified atom stereocenters. The number of hydrogen-bond acceptors (Lipinski definition) is 4. The van der Waals surface area contributed by atoms with Gasteiger partial charge in [0.1, 0.15) is 23.3 Å². The first-order chi connectivity index (χ1) is 6.33. The number of allylic oxidation sites excluding steroid dienone is 1. The number of ether oxygens (including phenoxy) is 1. The summed E-state index contributed by atoms with van der Waals surface area (Å²) in [6.07, 6.45) is 3.25. The summed E-state index contributed by atoms with van der Waals surface area (Å²) in [5.74, 6) is 2.35. The predicted molar refractivity (Wildman–Crippen MR) is 50.2 cm³/mol. The van der Waals surface area contributed by atoms with E-state index in [4.69, 9.17) is 10.5 Å². The second-order valence-electron chi connectivity index (χ2n) is 2.53. The molecule has 70 valence electrons. The molecule has 4 nitrogen and oxygen atoms in total. The quantitative estimate of drug-likeness (QED) is 0.625. The minimum absolute atomic E-state index is 0.297. The van der Waals surface area contributed by atoms with Crippen molar-refractivity contribution in [1.29, 1.82) is 0 Å². The molecule has 0 amide bonds. The van der Waals surface area contributed by atoms with Gasteiger partial charge in [-0.05, 0) is 13.0 Å². The number of nitrogens with zero attached hydrogens (tertiary/aromatic N) is 1. The molecule has 0 fully saturated rings. The van der Waals surface area contributed by atoms with Gasteiger partial charge >= 0.3 is 0 Å². The first kappa shape index (κ1) is 9.71. The van der Waals surface area contributed by atoms with Crippen LogP contribution in [0.5, 0.6) is 0 Å². The van der Waals surface area contributed by atoms with Crippen LogP contribution in [0.2, 0.25) is 0 Å². The largest absolute Gasteiger partial charge is 0.493 e. The van der Waals surface area contributed by atoms with Crippen LogP contribution in [0.25, 0.3) is 0 Å². The molecule has 1 atom stereocenters. The van der Waals surface area contributed by atoms with Crippen molar-refractivity contribution in [3.63, 3.8) is 0 Å². The van der Waals surface area contributed by atoms with Gasteiger partial charge in [-0.15, -0.1) is 0 Å². The maximum atomic E-state index is 10.6. The Bertz CT molecular complexity index is 288. The van der Waals surface area contributed by atoms with Crippen LogP contribution in [-0.4, -0.2) is 31.3 Å². The van der Waals surface area contributed by atoms with E-state index < -0.39 is 0 Å². The van der Waals surface area contributed by atoms with Gasteiger partial charge in [-0.25, -0.2) is 4.79 Å². The summed E-state index contributed by atoms with van der Waals surface area (Å²) in [7, 11) is 0. The summed E-state index contributed by atoms with van der Waals surface area (Å²) < 4.78 is 5.23. The summed E-state index contributed by atoms with van der Waals surface area (Å²) in [6, 6.07) is -0.302. The van der Waals surface area contributed by atoms with Crippen LogP contribution >= 0.6 is 0 Å². The van der Waals surface area contributed by atoms with Crippen molar-refractivity contribution in [3.05, 3.63) is 17.4 Å². The fourth-order valence-corrected chi connectivity index (χ4v) is 1.12. The van der Waals surface area contributed by atoms with Gasteiger partial charge in [0.2, 0.25) is 0 Å². The van der Waals surface area contributed by atoms with E-state index in [9.17, 15) is 4.79 Å². The number of nitrogens with two attached hydrogens (primary N) is 1. The van der Waals surface area contributed by atoms with Crippen LogP contribution in [0.1, 0.15) is 6.92 Å². The molecule has 0 saturated carbocycles. The first-order valence-corrected chi connectivity index (χ1v) is 4.15. The molecule has 0 aromatic heterocycles. The standard InChI is InChI=1S/C9H12N2O2/c1-2-13-9-3-4-11-8(5-10)7(9)6-12/h3-4,8H,2,5,10H2,1H3. The van der Waals surface area contributed by atoms with E-state index >= 15 is 0 Å². The Morgan fingerprint density at radius 3 is 3.08 bits per heavy atom. The average molecular weight is 180 g/mol. The number of carbonyl (C=O) groups excluding carboxylic acids is 1. The molecule has 0 aromatic rings. The molecule has 0 saturated heterocycles. The molecule has 0 aliphatic carbocycles. The predicted octanol–water partition coefficient (Wildman–Crippen LogP) is 0.0765. The summed E-state index contributed by atoms with van der Waals surface area (Å²) in [5, 5.41) is 0. The minimum Gasteiger partial charge on any atom is -0.493 e. The lowest BCUT2D eigenvalue weighted by atomic mass is 10.1. The van der Waals surface area contributed by atoms with Crippen molar-refractivity contribution in [1.82, 2.24) is 0 Å². The van der Waals surface area contributed by atoms with Crippen LogP contribution in [0.15, 0.2) is 22.4 Å². The van der Waals surface area contributed by atoms with E-state index in [0.29, 0.717) is 24.5 Å². The van der Waals surface area contributed by atoms with E-state index in [-0.39, 0.29) is 6.04 Å². The van der Waals surface area contributed by atoms with Crippen molar-refractivity contribution in [2.45, 2.75) is 13.0 Å². The zero-order chi connectivity index (χ0) is 9.68. The van der Waals surface area contributed by atoms with E-state index in [1.165, 1.54) is 0 Å². The van der Waals surface area contributed by atoms with Crippen molar-refractivity contribution >= 4 is 12.2 Å². The molecular formula is C9H12N2O2. The van der Waals surface area contributed by atoms with Crippen LogP contribution in [0, 0.1) is 0 Å². The van der Waals surface area contributed by atoms with E-state index in [1.807, 2.05) is 12.9 Å². The molecule has 13 heavy (non-hydrogen) atoms. The van der Waals surface area contributed by atoms with Crippen LogP contribution in [0.3, 0.4) is 0 Å². The third-order valence-corrected chi connectivity index (χ3v) is 1.72. The van der Waals surface area contributed by atoms with Crippen LogP contribution in [-0.2, 0) is 9.53 Å². The highest BCUT2D eigenvalue weighted by atomic mass is 16.5. The van der Waals surface area contributed by atoms with E-state index in [0.717, 1.165) is 0 Å². The smallest absolute Gasteiger partial charge is 0.137 e. The van der Waals surface area contributed by atoms with Gasteiger partial charge in [0, 0.05) is 12.8 Å². The van der Waals surface area contributed by atoms with Gasteiger partial charge in [-0.3, -0.25) is 4.99 Å². The van der Waals surface area contributed by atoms with Gasteiger partial charge in [-0.2, -0.15) is 0 Å². The molecule has 0 spiro atoms. The molecular weight excluding hydrogens is 168 g/mol. The average Bonchev–Trinajstić information content (AvgIpc) is 2.18. The lowest BCUT2D eigenvalue weighted by Gasteiger charge is -2.17. The molecule has 4 heteroatoms. The number of rotatable bonds is 3. The Balaban J connectivity index is 2.89. The van der Waals surface area contributed by atoms with Crippen LogP contribution in [0.4, 0.5) is 0 Å². The molecule has 1 aliphatic rings. The molecule has 0 radical (unpaired) electrons. The normalized spacial score (nSPS) is 20.9. The third kappa shape index (κ3) is 2.05. The summed E-state index contributed by atoms with van der Waals surface area (Å²) >= 11 is 0. The maximum Gasteiger partial charge on any atom is 0.137 e. The maximum absolute atomic E-state index is 10.6. The van der Waals surface area contributed by atoms with Gasteiger partial charge in [-0.1, -0.05) is 0 Å². The van der Waals surface area contributed by atoms with Gasteiger partial charge in [0.05, 0.1) is 6.61 Å². The summed E-state index contributed by atoms with van der Waals surface area (Å²) in [4.78, 5) is 14.6. The number of dihydropyridines is 1. The zero-order valence-corrected chi connectivity index (χ0v) is 7.49. The lowest BCUT2D eigenvalue weighted by Crippen LogP contribution is -2.25. The Labute approximate surface area is 76.8 Å². The highest BCUT2D eigenvalue weighted by Crippen LogP contribution is 2.17. The topological polar surface area (TPSA) is 64.7 Å². The van der Waals surface area contributed by atoms with Gasteiger partial charge in [0.15, 0.2) is 0 Å². The van der Waals surface area contributed by atoms with E-state index in [1.54, 1.807) is 12.3 Å². The minimum atomic E-state index is -0.302. The second-order valence-corrected chi connectivity index (χ2v) is 2.53. The SMILES string of the molecule is CCOC1=CC=NC(CN)C1=C=O. The van der Waals surface area contributed by atoms with Crippen LogP contribution < -0.4 is 5.73 Å². The Morgan fingerprint density at radius 1 is 1.77 bits per heavy atom. The fraction of sp³-hybridized carbons (Fsp3) is 0.444. The number of hydrogen-bond donors (Lipinski definition) is 1. The highest BCUT2D eigenvalue weighted by molar-refractivity contribution is 5.79. The van der Waals surface area contributed by atoms with Gasteiger partial charge in [0.25, 0.3) is 0 Å². The molecule has 0 bridgehead atoms. The second kappa shape index (κ2) is 4.60. The lowest BCUT2D eigenvalue weighted by molar-refractivity contribution is 0.235. The summed E-state index contributed by atoms with van der Waals surface area (Å²) in [5.41, 5.74) is 5.84. The molecule has 1 aliphatic heterocycles. The van der Waals surface area contributed by atoms with Gasteiger partial charge < -0.3 is 10.5 Å². The zero-order valence-electron chi connectivity index (χ0n) is 7.49. The highest BCUT2D eigenvalue weighted by Gasteiger charge is 2.20. The third-order valence-electron chi connectivity index (χ3n) is 1.72. The molecule has 1 heterocycles. The molecule has 2 N–H and O–H groups in total. The Kier molecular flexibility index (Phi) is 3.43. The van der Waals surface area contributed by atoms with Crippen molar-refractivity contribution in [2.24, 2.45) is 10.7 Å². The first-order valence-electron chi connectivity index (χ1n) is 4.15.